The Balaban J connectivity index is 1.13. The summed E-state index contributed by atoms with van der Waals surface area (Å²) >= 11 is 6.74. The SMILES string of the molecule is CC1(C)CC2(CC2)c2cc(CN3CCC4(CC3)CC(c3ccccc3)=NO4)cc(Cl)c2O1. The lowest BCUT2D eigenvalue weighted by Crippen LogP contribution is -2.44. The first kappa shape index (κ1) is 20.6. The summed E-state index contributed by atoms with van der Waals surface area (Å²) in [5.74, 6) is 0.923. The molecule has 2 fully saturated rings. The van der Waals surface area contributed by atoms with Crippen molar-refractivity contribution in [3.63, 3.8) is 0 Å². The Bertz CT molecular complexity index is 1070. The highest BCUT2D eigenvalue weighted by Gasteiger charge is 2.53. The first-order valence-electron chi connectivity index (χ1n) is 11.9. The van der Waals surface area contributed by atoms with E-state index in [4.69, 9.17) is 21.2 Å². The highest BCUT2D eigenvalue weighted by molar-refractivity contribution is 6.32. The molecule has 1 saturated carbocycles. The third kappa shape index (κ3) is 3.62. The van der Waals surface area contributed by atoms with Crippen molar-refractivity contribution >= 4 is 17.3 Å². The minimum Gasteiger partial charge on any atom is -0.486 e. The third-order valence-electron chi connectivity index (χ3n) is 7.79. The molecule has 6 rings (SSSR count). The van der Waals surface area contributed by atoms with Crippen molar-refractivity contribution in [3.8, 4) is 5.75 Å². The molecule has 0 N–H and O–H groups in total. The zero-order chi connectivity index (χ0) is 22.0. The molecule has 168 valence electrons. The zero-order valence-corrected chi connectivity index (χ0v) is 19.8. The van der Waals surface area contributed by atoms with Crippen molar-refractivity contribution < 1.29 is 9.57 Å². The Labute approximate surface area is 195 Å². The molecule has 0 unspecified atom stereocenters. The van der Waals surface area contributed by atoms with Gasteiger partial charge in [-0.15, -0.1) is 0 Å². The molecule has 5 heteroatoms. The van der Waals surface area contributed by atoms with Crippen LogP contribution in [0.1, 0.15) is 69.1 Å². The second kappa shape index (κ2) is 7.23. The molecule has 1 aliphatic carbocycles. The number of hydrogen-bond donors (Lipinski definition) is 0. The lowest BCUT2D eigenvalue weighted by molar-refractivity contribution is -0.0627. The summed E-state index contributed by atoms with van der Waals surface area (Å²) in [5, 5.41) is 5.22. The van der Waals surface area contributed by atoms with E-state index >= 15 is 0 Å². The molecule has 0 bridgehead atoms. The van der Waals surface area contributed by atoms with Crippen molar-refractivity contribution in [1.29, 1.82) is 0 Å². The van der Waals surface area contributed by atoms with E-state index in [1.807, 2.05) is 6.07 Å². The van der Waals surface area contributed by atoms with E-state index in [9.17, 15) is 0 Å². The topological polar surface area (TPSA) is 34.1 Å². The summed E-state index contributed by atoms with van der Waals surface area (Å²) < 4.78 is 6.31. The van der Waals surface area contributed by atoms with Crippen LogP contribution in [0.5, 0.6) is 5.75 Å². The Hall–Kier alpha value is -2.04. The summed E-state index contributed by atoms with van der Waals surface area (Å²) in [6.07, 6.45) is 6.50. The van der Waals surface area contributed by atoms with Gasteiger partial charge < -0.3 is 9.57 Å². The van der Waals surface area contributed by atoms with Gasteiger partial charge in [-0.2, -0.15) is 0 Å². The van der Waals surface area contributed by atoms with Gasteiger partial charge in [-0.3, -0.25) is 4.90 Å². The lowest BCUT2D eigenvalue weighted by Gasteiger charge is -2.39. The van der Waals surface area contributed by atoms with Gasteiger partial charge in [0.25, 0.3) is 0 Å². The smallest absolute Gasteiger partial charge is 0.145 e. The summed E-state index contributed by atoms with van der Waals surface area (Å²) in [7, 11) is 0. The van der Waals surface area contributed by atoms with Crippen molar-refractivity contribution in [1.82, 2.24) is 4.90 Å². The molecule has 0 radical (unpaired) electrons. The third-order valence-corrected chi connectivity index (χ3v) is 8.07. The van der Waals surface area contributed by atoms with Gasteiger partial charge in [0.15, 0.2) is 0 Å². The second-order valence-electron chi connectivity index (χ2n) is 10.9. The summed E-state index contributed by atoms with van der Waals surface area (Å²) in [4.78, 5) is 8.55. The monoisotopic (exact) mass is 450 g/mol. The van der Waals surface area contributed by atoms with E-state index in [0.29, 0.717) is 0 Å². The molecule has 4 aliphatic rings. The molecule has 1 saturated heterocycles. The van der Waals surface area contributed by atoms with Crippen LogP contribution in [0.25, 0.3) is 0 Å². The lowest BCUT2D eigenvalue weighted by atomic mass is 9.81. The molecule has 2 aromatic rings. The van der Waals surface area contributed by atoms with Crippen LogP contribution in [0, 0.1) is 0 Å². The number of ether oxygens (including phenoxy) is 1. The summed E-state index contributed by atoms with van der Waals surface area (Å²) in [6, 6.07) is 14.9. The highest BCUT2D eigenvalue weighted by Crippen LogP contribution is 2.60. The van der Waals surface area contributed by atoms with Gasteiger partial charge in [-0.05, 0) is 50.3 Å². The predicted octanol–water partition coefficient (Wildman–Crippen LogP) is 6.09. The fourth-order valence-corrected chi connectivity index (χ4v) is 6.29. The predicted molar refractivity (Wildman–Crippen MR) is 128 cm³/mol. The van der Waals surface area contributed by atoms with Gasteiger partial charge in [-0.1, -0.05) is 53.2 Å². The van der Waals surface area contributed by atoms with Crippen LogP contribution in [0.3, 0.4) is 0 Å². The van der Waals surface area contributed by atoms with E-state index in [0.717, 1.165) is 61.8 Å². The molecule has 3 aliphatic heterocycles. The van der Waals surface area contributed by atoms with Crippen LogP contribution >= 0.6 is 11.6 Å². The minimum atomic E-state index is -0.141. The van der Waals surface area contributed by atoms with Crippen LogP contribution in [0.15, 0.2) is 47.6 Å². The van der Waals surface area contributed by atoms with Gasteiger partial charge >= 0.3 is 0 Å². The van der Waals surface area contributed by atoms with E-state index < -0.39 is 0 Å². The van der Waals surface area contributed by atoms with E-state index in [1.165, 1.54) is 29.5 Å². The van der Waals surface area contributed by atoms with E-state index in [1.54, 1.807) is 0 Å². The maximum atomic E-state index is 6.74. The quantitative estimate of drug-likeness (QED) is 0.567. The Morgan fingerprint density at radius 1 is 1.03 bits per heavy atom. The molecule has 0 atom stereocenters. The van der Waals surface area contributed by atoms with Gasteiger partial charge in [0.2, 0.25) is 0 Å². The van der Waals surface area contributed by atoms with Crippen LogP contribution in [-0.4, -0.2) is 34.9 Å². The number of oxime groups is 1. The molecule has 32 heavy (non-hydrogen) atoms. The average Bonchev–Trinajstić information content (AvgIpc) is 3.40. The number of fused-ring (bicyclic) bond motifs is 2. The second-order valence-corrected chi connectivity index (χ2v) is 11.3. The maximum absolute atomic E-state index is 6.74. The van der Waals surface area contributed by atoms with Crippen molar-refractivity contribution in [2.45, 2.75) is 75.5 Å². The average molecular weight is 451 g/mol. The van der Waals surface area contributed by atoms with Crippen LogP contribution in [-0.2, 0) is 16.8 Å². The summed E-state index contributed by atoms with van der Waals surface area (Å²) in [5.41, 5.74) is 4.91. The molecular weight excluding hydrogens is 420 g/mol. The standard InChI is InChI=1S/C27H31ClN2O2/c1-25(2)18-26(8-9-26)21-14-19(15-22(28)24(21)31-25)17-30-12-10-27(11-13-30)16-23(29-32-27)20-6-4-3-5-7-20/h3-7,14-15H,8-13,16-18H2,1-2H3. The molecule has 0 aromatic heterocycles. The zero-order valence-electron chi connectivity index (χ0n) is 19.0. The van der Waals surface area contributed by atoms with Crippen LogP contribution in [0.2, 0.25) is 5.02 Å². The number of likely N-dealkylation sites (tertiary alicyclic amines) is 1. The van der Waals surface area contributed by atoms with Crippen LogP contribution in [0.4, 0.5) is 0 Å². The number of benzene rings is 2. The first-order valence-corrected chi connectivity index (χ1v) is 12.3. The highest BCUT2D eigenvalue weighted by atomic mass is 35.5. The number of nitrogens with zero attached hydrogens (tertiary/aromatic N) is 2. The van der Waals surface area contributed by atoms with Crippen molar-refractivity contribution in [2.75, 3.05) is 13.1 Å². The molecular formula is C27H31ClN2O2. The van der Waals surface area contributed by atoms with Gasteiger partial charge in [-0.25, -0.2) is 0 Å². The normalized spacial score (nSPS) is 24.5. The van der Waals surface area contributed by atoms with Gasteiger partial charge in [0.1, 0.15) is 17.0 Å². The summed E-state index contributed by atoms with van der Waals surface area (Å²) in [6.45, 7) is 7.32. The number of halogens is 1. The molecule has 0 amide bonds. The number of piperidine rings is 1. The van der Waals surface area contributed by atoms with Crippen molar-refractivity contribution in [3.05, 3.63) is 64.2 Å². The number of hydrogen-bond acceptors (Lipinski definition) is 4. The minimum absolute atomic E-state index is 0.132. The molecule has 2 aromatic carbocycles. The number of rotatable bonds is 3. The molecule has 3 heterocycles. The van der Waals surface area contributed by atoms with E-state index in [2.05, 4.69) is 60.3 Å². The van der Waals surface area contributed by atoms with Crippen LogP contribution < -0.4 is 4.74 Å². The van der Waals surface area contributed by atoms with Gasteiger partial charge in [0.05, 0.1) is 10.7 Å². The largest absolute Gasteiger partial charge is 0.486 e. The Morgan fingerprint density at radius 3 is 2.50 bits per heavy atom. The first-order chi connectivity index (χ1) is 15.4. The fourth-order valence-electron chi connectivity index (χ4n) is 6.01. The van der Waals surface area contributed by atoms with Gasteiger partial charge in [0, 0.05) is 49.9 Å². The van der Waals surface area contributed by atoms with E-state index in [-0.39, 0.29) is 16.6 Å². The molecule has 2 spiro atoms. The molecule has 4 nitrogen and oxygen atoms in total. The fraction of sp³-hybridized carbons (Fsp3) is 0.519. The Morgan fingerprint density at radius 2 is 1.78 bits per heavy atom. The van der Waals surface area contributed by atoms with Crippen molar-refractivity contribution in [2.24, 2.45) is 5.16 Å². The maximum Gasteiger partial charge on any atom is 0.145 e. The Kier molecular flexibility index (Phi) is 4.64.